The molecule has 0 aromatic rings. The van der Waals surface area contributed by atoms with Crippen molar-refractivity contribution in [1.29, 1.82) is 0 Å². The maximum absolute atomic E-state index is 3.57. The van der Waals surface area contributed by atoms with Gasteiger partial charge in [0, 0.05) is 0 Å². The van der Waals surface area contributed by atoms with E-state index in [9.17, 15) is 0 Å². The number of unbranched alkanes of at least 4 members (excludes halogenated alkanes) is 2. The summed E-state index contributed by atoms with van der Waals surface area (Å²) in [6.45, 7) is 12.0. The highest BCUT2D eigenvalue weighted by Crippen LogP contribution is 1.92. The SMILES string of the molecule is C=C/C=C(C)\C=C/C.CCCCC. The molecule has 13 heavy (non-hydrogen) atoms. The Kier molecular flexibility index (Phi) is 15.6. The second-order valence-corrected chi connectivity index (χ2v) is 3.00. The Morgan fingerprint density at radius 2 is 1.77 bits per heavy atom. The molecule has 0 unspecified atom stereocenters. The predicted octanol–water partition coefficient (Wildman–Crippen LogP) is 4.89. The van der Waals surface area contributed by atoms with Crippen LogP contribution in [0.1, 0.15) is 47.0 Å². The third-order valence-electron chi connectivity index (χ3n) is 1.52. The topological polar surface area (TPSA) is 0 Å². The van der Waals surface area contributed by atoms with Gasteiger partial charge in [-0.05, 0) is 13.8 Å². The van der Waals surface area contributed by atoms with Crippen LogP contribution < -0.4 is 0 Å². The lowest BCUT2D eigenvalue weighted by Crippen LogP contribution is -1.61. The fourth-order valence-corrected chi connectivity index (χ4v) is 0.858. The maximum atomic E-state index is 3.57. The van der Waals surface area contributed by atoms with E-state index in [1.807, 2.05) is 32.1 Å². The molecule has 0 saturated heterocycles. The number of hydrogen-bond acceptors (Lipinski definition) is 0. The van der Waals surface area contributed by atoms with Gasteiger partial charge in [-0.3, -0.25) is 0 Å². The average molecular weight is 180 g/mol. The quantitative estimate of drug-likeness (QED) is 0.540. The molecular weight excluding hydrogens is 156 g/mol. The lowest BCUT2D eigenvalue weighted by atomic mass is 10.2. The maximum Gasteiger partial charge on any atom is -0.0398 e. The Labute approximate surface area is 84.1 Å². The Bertz CT molecular complexity index is 147. The summed E-state index contributed by atoms with van der Waals surface area (Å²) in [7, 11) is 0. The van der Waals surface area contributed by atoms with Crippen LogP contribution in [0, 0.1) is 0 Å². The van der Waals surface area contributed by atoms with Crippen molar-refractivity contribution in [3.63, 3.8) is 0 Å². The van der Waals surface area contributed by atoms with E-state index in [2.05, 4.69) is 20.4 Å². The number of hydrogen-bond donors (Lipinski definition) is 0. The van der Waals surface area contributed by atoms with E-state index in [-0.39, 0.29) is 0 Å². The van der Waals surface area contributed by atoms with Gasteiger partial charge in [0.25, 0.3) is 0 Å². The Balaban J connectivity index is 0. The summed E-state index contributed by atoms with van der Waals surface area (Å²) in [6, 6.07) is 0. The molecule has 0 aromatic carbocycles. The molecule has 76 valence electrons. The van der Waals surface area contributed by atoms with Crippen molar-refractivity contribution in [1.82, 2.24) is 0 Å². The molecule has 0 aromatic heterocycles. The third-order valence-corrected chi connectivity index (χ3v) is 1.52. The van der Waals surface area contributed by atoms with Crippen LogP contribution in [-0.2, 0) is 0 Å². The normalized spacial score (nSPS) is 10.9. The van der Waals surface area contributed by atoms with Crippen LogP contribution in [0.15, 0.2) is 36.5 Å². The average Bonchev–Trinajstić information content (AvgIpc) is 2.08. The van der Waals surface area contributed by atoms with Crippen LogP contribution in [0.25, 0.3) is 0 Å². The highest BCUT2D eigenvalue weighted by Gasteiger charge is 1.71. The number of allylic oxidation sites excluding steroid dienone is 5. The van der Waals surface area contributed by atoms with Crippen LogP contribution >= 0.6 is 0 Å². The van der Waals surface area contributed by atoms with Crippen LogP contribution in [0.3, 0.4) is 0 Å². The smallest absolute Gasteiger partial charge is 0.0398 e. The Morgan fingerprint density at radius 1 is 1.23 bits per heavy atom. The first-order chi connectivity index (χ1) is 6.22. The molecule has 0 fully saturated rings. The Hall–Kier alpha value is -0.780. The zero-order valence-electron chi connectivity index (χ0n) is 9.64. The van der Waals surface area contributed by atoms with Gasteiger partial charge in [-0.25, -0.2) is 0 Å². The van der Waals surface area contributed by atoms with Gasteiger partial charge in [0.05, 0.1) is 0 Å². The molecular formula is C13H24. The zero-order valence-corrected chi connectivity index (χ0v) is 9.64. The molecule has 0 spiro atoms. The minimum Gasteiger partial charge on any atom is -0.0991 e. The van der Waals surface area contributed by atoms with Crippen molar-refractivity contribution in [3.8, 4) is 0 Å². The first-order valence-corrected chi connectivity index (χ1v) is 5.14. The highest BCUT2D eigenvalue weighted by molar-refractivity contribution is 5.19. The number of rotatable bonds is 4. The first kappa shape index (κ1) is 14.7. The summed E-state index contributed by atoms with van der Waals surface area (Å²) in [4.78, 5) is 0. The summed E-state index contributed by atoms with van der Waals surface area (Å²) >= 11 is 0. The molecule has 0 radical (unpaired) electrons. The van der Waals surface area contributed by atoms with Crippen molar-refractivity contribution in [2.45, 2.75) is 47.0 Å². The van der Waals surface area contributed by atoms with Gasteiger partial charge >= 0.3 is 0 Å². The van der Waals surface area contributed by atoms with Crippen LogP contribution in [0.4, 0.5) is 0 Å². The van der Waals surface area contributed by atoms with E-state index in [1.54, 1.807) is 6.08 Å². The highest BCUT2D eigenvalue weighted by atomic mass is 13.8. The fourth-order valence-electron chi connectivity index (χ4n) is 0.858. The summed E-state index contributed by atoms with van der Waals surface area (Å²) in [5.41, 5.74) is 1.24. The summed E-state index contributed by atoms with van der Waals surface area (Å²) in [6.07, 6.45) is 11.9. The largest absolute Gasteiger partial charge is 0.0991 e. The second-order valence-electron chi connectivity index (χ2n) is 3.00. The minimum atomic E-state index is 1.24. The van der Waals surface area contributed by atoms with Gasteiger partial charge in [0.1, 0.15) is 0 Å². The molecule has 0 atom stereocenters. The van der Waals surface area contributed by atoms with Crippen LogP contribution in [0.5, 0.6) is 0 Å². The van der Waals surface area contributed by atoms with Crippen molar-refractivity contribution in [2.75, 3.05) is 0 Å². The summed E-state index contributed by atoms with van der Waals surface area (Å²) < 4.78 is 0. The van der Waals surface area contributed by atoms with Crippen molar-refractivity contribution in [2.24, 2.45) is 0 Å². The van der Waals surface area contributed by atoms with Crippen LogP contribution in [-0.4, -0.2) is 0 Å². The van der Waals surface area contributed by atoms with Gasteiger partial charge in [-0.15, -0.1) is 0 Å². The molecule has 0 heteroatoms. The van der Waals surface area contributed by atoms with E-state index in [0.717, 1.165) is 0 Å². The monoisotopic (exact) mass is 180 g/mol. The zero-order chi connectivity index (χ0) is 10.5. The van der Waals surface area contributed by atoms with E-state index >= 15 is 0 Å². The van der Waals surface area contributed by atoms with E-state index in [1.165, 1.54) is 24.8 Å². The minimum absolute atomic E-state index is 1.24. The van der Waals surface area contributed by atoms with Gasteiger partial charge in [0.2, 0.25) is 0 Å². The molecule has 0 saturated carbocycles. The van der Waals surface area contributed by atoms with E-state index in [0.29, 0.717) is 0 Å². The van der Waals surface area contributed by atoms with Crippen molar-refractivity contribution >= 4 is 0 Å². The fraction of sp³-hybridized carbons (Fsp3) is 0.538. The molecule has 0 aliphatic heterocycles. The Morgan fingerprint density at radius 3 is 2.00 bits per heavy atom. The second kappa shape index (κ2) is 13.8. The van der Waals surface area contributed by atoms with Crippen molar-refractivity contribution < 1.29 is 0 Å². The molecule has 0 rings (SSSR count). The summed E-state index contributed by atoms with van der Waals surface area (Å²) in [5.74, 6) is 0. The van der Waals surface area contributed by atoms with Gasteiger partial charge in [-0.2, -0.15) is 0 Å². The molecule has 0 amide bonds. The predicted molar refractivity (Wildman–Crippen MR) is 64.0 cm³/mol. The summed E-state index contributed by atoms with van der Waals surface area (Å²) in [5, 5.41) is 0. The van der Waals surface area contributed by atoms with Gasteiger partial charge in [-0.1, -0.05) is 69.6 Å². The molecule has 0 bridgehead atoms. The van der Waals surface area contributed by atoms with E-state index in [4.69, 9.17) is 0 Å². The lowest BCUT2D eigenvalue weighted by Gasteiger charge is -1.82. The first-order valence-electron chi connectivity index (χ1n) is 5.14. The standard InChI is InChI=1S/C8H12.C5H12/c1-4-6-8(3)7-5-2;1-3-5-4-2/h4-7H,1H2,2-3H3;3-5H2,1-2H3/b7-5-,8-6-;. The molecule has 0 nitrogen and oxygen atoms in total. The molecule has 0 heterocycles. The molecule has 0 N–H and O–H groups in total. The van der Waals surface area contributed by atoms with Crippen LogP contribution in [0.2, 0.25) is 0 Å². The molecule has 0 aliphatic carbocycles. The van der Waals surface area contributed by atoms with Gasteiger partial charge in [0.15, 0.2) is 0 Å². The van der Waals surface area contributed by atoms with E-state index < -0.39 is 0 Å². The van der Waals surface area contributed by atoms with Crippen molar-refractivity contribution in [3.05, 3.63) is 36.5 Å². The van der Waals surface area contributed by atoms with Gasteiger partial charge < -0.3 is 0 Å². The third kappa shape index (κ3) is 18.3. The lowest BCUT2D eigenvalue weighted by molar-refractivity contribution is 0.772. The molecule has 0 aliphatic rings.